The van der Waals surface area contributed by atoms with Gasteiger partial charge in [-0.25, -0.2) is 14.5 Å². The van der Waals surface area contributed by atoms with E-state index in [1.807, 2.05) is 6.07 Å². The van der Waals surface area contributed by atoms with Gasteiger partial charge in [-0.2, -0.15) is 4.98 Å². The number of aliphatic imine (C=N–C) groups is 1. The molecule has 0 aliphatic rings. The molecule has 0 saturated heterocycles. The number of H-pyrrole nitrogens is 1. The van der Waals surface area contributed by atoms with Crippen LogP contribution in [0.2, 0.25) is 0 Å². The van der Waals surface area contributed by atoms with E-state index < -0.39 is 5.56 Å². The van der Waals surface area contributed by atoms with Gasteiger partial charge in [0.1, 0.15) is 6.33 Å². The number of fused-ring (bicyclic) bond motifs is 1. The third-order valence-electron chi connectivity index (χ3n) is 3.05. The molecule has 0 fully saturated rings. The summed E-state index contributed by atoms with van der Waals surface area (Å²) >= 11 is 0. The van der Waals surface area contributed by atoms with Gasteiger partial charge in [-0.1, -0.05) is 18.2 Å². The Kier molecular flexibility index (Phi) is 3.71. The molecule has 0 aliphatic heterocycles. The monoisotopic (exact) mass is 310 g/mol. The molecule has 0 saturated carbocycles. The number of nitrogens with zero attached hydrogens (tertiary/aromatic N) is 5. The van der Waals surface area contributed by atoms with Crippen molar-refractivity contribution in [1.82, 2.24) is 24.4 Å². The Morgan fingerprint density at radius 1 is 1.30 bits per heavy atom. The SMILES string of the molecule is CN(C)/C=N\c1nc2c(ncn2C(=O)c2ccccc2)c(=O)[nH]1. The quantitative estimate of drug-likeness (QED) is 0.576. The average Bonchev–Trinajstić information content (AvgIpc) is 2.97. The van der Waals surface area contributed by atoms with Gasteiger partial charge < -0.3 is 4.90 Å². The second-order valence-corrected chi connectivity index (χ2v) is 5.06. The summed E-state index contributed by atoms with van der Waals surface area (Å²) in [5.74, 6) is -0.201. The molecule has 3 aromatic rings. The molecule has 0 atom stereocenters. The lowest BCUT2D eigenvalue weighted by Crippen LogP contribution is -2.14. The lowest BCUT2D eigenvalue weighted by molar-refractivity contribution is 0.0964. The highest BCUT2D eigenvalue weighted by Crippen LogP contribution is 2.12. The van der Waals surface area contributed by atoms with E-state index in [0.29, 0.717) is 5.56 Å². The van der Waals surface area contributed by atoms with Crippen LogP contribution >= 0.6 is 0 Å². The Morgan fingerprint density at radius 3 is 2.74 bits per heavy atom. The first-order chi connectivity index (χ1) is 11.1. The number of carbonyl (C=O) groups is 1. The minimum absolute atomic E-state index is 0.0954. The zero-order valence-corrected chi connectivity index (χ0v) is 12.6. The van der Waals surface area contributed by atoms with Crippen molar-refractivity contribution in [3.05, 3.63) is 52.6 Å². The number of rotatable bonds is 3. The van der Waals surface area contributed by atoms with Gasteiger partial charge >= 0.3 is 0 Å². The Morgan fingerprint density at radius 2 is 2.04 bits per heavy atom. The minimum atomic E-state index is -0.444. The van der Waals surface area contributed by atoms with Gasteiger partial charge in [-0.05, 0) is 12.1 Å². The Balaban J connectivity index is 2.12. The molecule has 0 spiro atoms. The van der Waals surface area contributed by atoms with Crippen molar-refractivity contribution in [2.45, 2.75) is 0 Å². The topological polar surface area (TPSA) is 96.2 Å². The second kappa shape index (κ2) is 5.84. The summed E-state index contributed by atoms with van der Waals surface area (Å²) in [6, 6.07) is 8.72. The maximum atomic E-state index is 12.5. The summed E-state index contributed by atoms with van der Waals surface area (Å²) in [6.07, 6.45) is 2.80. The molecule has 1 N–H and O–H groups in total. The number of aromatic nitrogens is 4. The molecule has 0 amide bonds. The standard InChI is InChI=1S/C15H14N6O2/c1-20(2)8-17-15-18-12-11(13(22)19-15)16-9-21(12)14(23)10-6-4-3-5-7-10/h3-9H,1-2H3,(H,18,19,22)/b17-8-. The molecule has 1 aromatic carbocycles. The Hall–Kier alpha value is -3.29. The van der Waals surface area contributed by atoms with Crippen LogP contribution < -0.4 is 5.56 Å². The van der Waals surface area contributed by atoms with Crippen molar-refractivity contribution in [3.63, 3.8) is 0 Å². The Labute approximate surface area is 131 Å². The molecular formula is C15H14N6O2. The molecule has 8 heteroatoms. The first-order valence-electron chi connectivity index (χ1n) is 6.84. The summed E-state index contributed by atoms with van der Waals surface area (Å²) in [7, 11) is 3.59. The first kappa shape index (κ1) is 14.6. The molecule has 0 unspecified atom stereocenters. The van der Waals surface area contributed by atoms with Crippen LogP contribution in [-0.2, 0) is 0 Å². The lowest BCUT2D eigenvalue weighted by Gasteiger charge is -2.03. The Bertz CT molecular complexity index is 940. The zero-order valence-electron chi connectivity index (χ0n) is 12.6. The van der Waals surface area contributed by atoms with Crippen LogP contribution in [0.25, 0.3) is 11.2 Å². The molecule has 0 aliphatic carbocycles. The van der Waals surface area contributed by atoms with Crippen molar-refractivity contribution in [2.24, 2.45) is 4.99 Å². The first-order valence-corrected chi connectivity index (χ1v) is 6.84. The van der Waals surface area contributed by atoms with Gasteiger partial charge in [-0.15, -0.1) is 0 Å². The van der Waals surface area contributed by atoms with Crippen molar-refractivity contribution < 1.29 is 4.79 Å². The van der Waals surface area contributed by atoms with Crippen LogP contribution in [0.5, 0.6) is 0 Å². The van der Waals surface area contributed by atoms with E-state index in [4.69, 9.17) is 0 Å². The van der Waals surface area contributed by atoms with Crippen LogP contribution in [0.4, 0.5) is 5.95 Å². The van der Waals surface area contributed by atoms with E-state index in [0.717, 1.165) is 0 Å². The van der Waals surface area contributed by atoms with Gasteiger partial charge in [-0.3, -0.25) is 14.6 Å². The molecule has 8 nitrogen and oxygen atoms in total. The second-order valence-electron chi connectivity index (χ2n) is 5.06. The normalized spacial score (nSPS) is 11.2. The molecule has 3 rings (SSSR count). The summed E-state index contributed by atoms with van der Waals surface area (Å²) in [4.78, 5) is 41.0. The number of nitrogens with one attached hydrogen (secondary N) is 1. The van der Waals surface area contributed by atoms with Gasteiger partial charge in [0.2, 0.25) is 5.95 Å². The van der Waals surface area contributed by atoms with Crippen LogP contribution in [0.1, 0.15) is 10.4 Å². The van der Waals surface area contributed by atoms with Gasteiger partial charge in [0.15, 0.2) is 11.2 Å². The van der Waals surface area contributed by atoms with E-state index in [1.54, 1.807) is 43.3 Å². The summed E-state index contributed by atoms with van der Waals surface area (Å²) in [5, 5.41) is 0. The van der Waals surface area contributed by atoms with Gasteiger partial charge in [0, 0.05) is 19.7 Å². The molecule has 2 aromatic heterocycles. The lowest BCUT2D eigenvalue weighted by atomic mass is 10.2. The molecule has 0 radical (unpaired) electrons. The van der Waals surface area contributed by atoms with Crippen molar-refractivity contribution >= 4 is 29.4 Å². The van der Waals surface area contributed by atoms with Crippen LogP contribution in [0.15, 0.2) is 46.4 Å². The maximum Gasteiger partial charge on any atom is 0.280 e. The van der Waals surface area contributed by atoms with Crippen LogP contribution in [-0.4, -0.2) is 50.8 Å². The fourth-order valence-corrected chi connectivity index (χ4v) is 2.00. The highest BCUT2D eigenvalue weighted by Gasteiger charge is 2.16. The number of carbonyl (C=O) groups excluding carboxylic acids is 1. The van der Waals surface area contributed by atoms with Crippen LogP contribution in [0.3, 0.4) is 0 Å². The van der Waals surface area contributed by atoms with Crippen molar-refractivity contribution in [3.8, 4) is 0 Å². The summed E-state index contributed by atoms with van der Waals surface area (Å²) in [6.45, 7) is 0. The molecule has 23 heavy (non-hydrogen) atoms. The highest BCUT2D eigenvalue weighted by atomic mass is 16.2. The molecular weight excluding hydrogens is 296 g/mol. The third-order valence-corrected chi connectivity index (χ3v) is 3.05. The predicted octanol–water partition coefficient (Wildman–Crippen LogP) is 1.03. The van der Waals surface area contributed by atoms with Crippen molar-refractivity contribution in [2.75, 3.05) is 14.1 Å². The van der Waals surface area contributed by atoms with E-state index in [9.17, 15) is 9.59 Å². The largest absolute Gasteiger partial charge is 0.369 e. The number of benzene rings is 1. The average molecular weight is 310 g/mol. The predicted molar refractivity (Wildman–Crippen MR) is 86.2 cm³/mol. The third kappa shape index (κ3) is 2.86. The van der Waals surface area contributed by atoms with E-state index in [-0.39, 0.29) is 23.0 Å². The fraction of sp³-hybridized carbons (Fsp3) is 0.133. The maximum absolute atomic E-state index is 12.5. The number of hydrogen-bond donors (Lipinski definition) is 1. The number of imidazole rings is 1. The molecule has 116 valence electrons. The molecule has 0 bridgehead atoms. The van der Waals surface area contributed by atoms with E-state index >= 15 is 0 Å². The number of aromatic amines is 1. The van der Waals surface area contributed by atoms with E-state index in [2.05, 4.69) is 19.9 Å². The minimum Gasteiger partial charge on any atom is -0.369 e. The van der Waals surface area contributed by atoms with Crippen molar-refractivity contribution in [1.29, 1.82) is 0 Å². The smallest absolute Gasteiger partial charge is 0.280 e. The van der Waals surface area contributed by atoms with Gasteiger partial charge in [0.05, 0.1) is 6.34 Å². The fourth-order valence-electron chi connectivity index (χ4n) is 2.00. The highest BCUT2D eigenvalue weighted by molar-refractivity contribution is 6.00. The summed E-state index contributed by atoms with van der Waals surface area (Å²) < 4.78 is 1.24. The van der Waals surface area contributed by atoms with Crippen LogP contribution in [0, 0.1) is 0 Å². The summed E-state index contributed by atoms with van der Waals surface area (Å²) in [5.41, 5.74) is 0.305. The zero-order chi connectivity index (χ0) is 16.4. The molecule has 2 heterocycles. The van der Waals surface area contributed by atoms with Gasteiger partial charge in [0.25, 0.3) is 11.5 Å². The number of hydrogen-bond acceptors (Lipinski definition) is 5. The van der Waals surface area contributed by atoms with E-state index in [1.165, 1.54) is 17.2 Å².